The third-order valence-corrected chi connectivity index (χ3v) is 3.00. The molecule has 6 nitrogen and oxygen atoms in total. The molecule has 1 aliphatic heterocycles. The monoisotopic (exact) mass is 554 g/mol. The number of morpholine rings is 1. The van der Waals surface area contributed by atoms with E-state index in [4.69, 9.17) is 9.47 Å². The third-order valence-electron chi connectivity index (χ3n) is 3.00. The molecule has 1 saturated heterocycles. The summed E-state index contributed by atoms with van der Waals surface area (Å²) in [5, 5.41) is 0. The maximum absolute atomic E-state index is 12.2. The molecule has 22 heavy (non-hydrogen) atoms. The molecule has 2 atom stereocenters. The van der Waals surface area contributed by atoms with Gasteiger partial charge in [-0.3, -0.25) is 0 Å². The van der Waals surface area contributed by atoms with Gasteiger partial charge in [-0.25, -0.2) is 4.79 Å². The number of likely N-dealkylation sites (N-methyl/N-ethyl adjacent to an activating group) is 1. The van der Waals surface area contributed by atoms with Gasteiger partial charge in [0, 0.05) is 6.54 Å². The van der Waals surface area contributed by atoms with E-state index in [1.54, 1.807) is 18.4 Å². The summed E-state index contributed by atoms with van der Waals surface area (Å²) < 4.78 is 11.3. The van der Waals surface area contributed by atoms with Gasteiger partial charge in [-0.1, -0.05) is 12.2 Å². The SMILES string of the molecule is C=C(C)C1CN(C(=O)OC(C)(C)C)CC(CN(C)[C-]=O)O1.[Fm]. The van der Waals surface area contributed by atoms with Crippen LogP contribution in [0.25, 0.3) is 0 Å². The average Bonchev–Trinajstić information content (AvgIpc) is 2.36. The van der Waals surface area contributed by atoms with Gasteiger partial charge in [0.15, 0.2) is 0 Å². The quantitative estimate of drug-likeness (QED) is 0.301. The number of rotatable bonds is 4. The van der Waals surface area contributed by atoms with Crippen molar-refractivity contribution in [1.82, 2.24) is 9.80 Å². The molecule has 0 aromatic heterocycles. The molecule has 0 saturated carbocycles. The molecule has 0 bridgehead atoms. The van der Waals surface area contributed by atoms with Gasteiger partial charge in [0.05, 0.1) is 25.3 Å². The Labute approximate surface area is 126 Å². The first-order valence-corrected chi connectivity index (χ1v) is 7.00. The Morgan fingerprint density at radius 1 is 1.45 bits per heavy atom. The van der Waals surface area contributed by atoms with Gasteiger partial charge in [-0.15, -0.1) is 0 Å². The van der Waals surface area contributed by atoms with E-state index in [2.05, 4.69) is 6.58 Å². The fraction of sp³-hybridized carbons (Fsp3) is 0.733. The van der Waals surface area contributed by atoms with E-state index >= 15 is 0 Å². The van der Waals surface area contributed by atoms with E-state index in [0.717, 1.165) is 5.57 Å². The van der Waals surface area contributed by atoms with E-state index in [1.165, 1.54) is 4.90 Å². The van der Waals surface area contributed by atoms with Crippen molar-refractivity contribution < 1.29 is 19.1 Å². The Balaban J connectivity index is 0.00000441. The van der Waals surface area contributed by atoms with Crippen LogP contribution < -0.4 is 0 Å². The van der Waals surface area contributed by atoms with E-state index in [9.17, 15) is 9.59 Å². The molecule has 1 fully saturated rings. The molecule has 132 valence electrons. The van der Waals surface area contributed by atoms with Crippen LogP contribution >= 0.6 is 0 Å². The molecule has 0 aromatic carbocycles. The van der Waals surface area contributed by atoms with Crippen molar-refractivity contribution in [1.29, 1.82) is 0 Å². The van der Waals surface area contributed by atoms with Crippen LogP contribution in [0.1, 0.15) is 27.7 Å². The first-order chi connectivity index (χ1) is 9.62. The molecule has 0 radical (unpaired) electrons. The van der Waals surface area contributed by atoms with Crippen molar-refractivity contribution in [2.24, 2.45) is 0 Å². The zero-order valence-electron chi connectivity index (χ0n) is 13.8. The maximum atomic E-state index is 12.2. The number of nitrogens with zero attached hydrogens (tertiary/aromatic N) is 2. The van der Waals surface area contributed by atoms with Crippen molar-refractivity contribution in [2.45, 2.75) is 45.5 Å². The van der Waals surface area contributed by atoms with Crippen molar-refractivity contribution in [2.75, 3.05) is 26.7 Å². The number of hydrogen-bond donors (Lipinski definition) is 0. The predicted molar refractivity (Wildman–Crippen MR) is 79.6 cm³/mol. The Kier molecular flexibility index (Phi) is 6.58. The molecule has 7 heteroatoms. The van der Waals surface area contributed by atoms with E-state index in [0.29, 0.717) is 19.6 Å². The van der Waals surface area contributed by atoms with Crippen LogP contribution in [0.3, 0.4) is 0 Å². The standard InChI is InChI=1S/C15H25N2O4.Fm/c1-11(2)13-9-17(14(19)21-15(3,4)5)8-12(20-13)7-16(6)10-18;/h12-13H,1,7-9H2,2-6H3;/q-1;. The minimum atomic E-state index is -0.545. The Bertz CT molecular complexity index is 409. The van der Waals surface area contributed by atoms with Gasteiger partial charge >= 0.3 is 6.09 Å². The van der Waals surface area contributed by atoms with Gasteiger partial charge in [-0.2, -0.15) is 6.41 Å². The van der Waals surface area contributed by atoms with Crippen LogP contribution in [-0.4, -0.2) is 66.8 Å². The number of carbonyl (C=O) groups excluding carboxylic acids is 2. The molecule has 1 aliphatic rings. The first kappa shape index (κ1) is 19.4. The summed E-state index contributed by atoms with van der Waals surface area (Å²) >= 11 is 0. The van der Waals surface area contributed by atoms with Gasteiger partial charge in [0.1, 0.15) is 5.60 Å². The Hall–Kier alpha value is -2.56. The van der Waals surface area contributed by atoms with Crippen LogP contribution in [0.4, 0.5) is 4.79 Å². The molecule has 0 spiro atoms. The minimum Gasteiger partial charge on any atom is -0.520 e. The van der Waals surface area contributed by atoms with Crippen LogP contribution in [0.2, 0.25) is 0 Å². The molecule has 2 unspecified atom stereocenters. The number of carbonyl (C=O) groups is 1. The number of amides is 2. The summed E-state index contributed by atoms with van der Waals surface area (Å²) in [4.78, 5) is 25.8. The zero-order chi connectivity index (χ0) is 16.2. The smallest absolute Gasteiger partial charge is 0.410 e. The van der Waals surface area contributed by atoms with Crippen molar-refractivity contribution in [3.05, 3.63) is 12.2 Å². The molecule has 0 aromatic rings. The first-order valence-electron chi connectivity index (χ1n) is 7.00. The Morgan fingerprint density at radius 2 is 2.05 bits per heavy atom. The molecular formula is C15H25FmN2O4-. The van der Waals surface area contributed by atoms with Gasteiger partial charge < -0.3 is 24.1 Å². The van der Waals surface area contributed by atoms with Gasteiger partial charge in [0.2, 0.25) is 0 Å². The minimum absolute atomic E-state index is 0. The largest absolute Gasteiger partial charge is 0.520 e. The zero-order valence-corrected chi connectivity index (χ0v) is 16.2. The number of ether oxygens (including phenoxy) is 2. The molecular weight excluding hydrogens is 529 g/mol. The van der Waals surface area contributed by atoms with Gasteiger partial charge in [0.25, 0.3) is 0 Å². The van der Waals surface area contributed by atoms with Crippen molar-refractivity contribution in [3.8, 4) is 0 Å². The number of hydrogen-bond acceptors (Lipinski definition) is 4. The second kappa shape index (κ2) is 7.45. The van der Waals surface area contributed by atoms with Crippen LogP contribution in [0.15, 0.2) is 12.2 Å². The van der Waals surface area contributed by atoms with Crippen LogP contribution in [-0.2, 0) is 14.3 Å². The summed E-state index contributed by atoms with van der Waals surface area (Å²) in [6.07, 6.45) is 0.878. The molecule has 0 N–H and O–H groups in total. The van der Waals surface area contributed by atoms with Crippen LogP contribution in [0, 0.1) is 0 Å². The molecule has 1 rings (SSSR count). The summed E-state index contributed by atoms with van der Waals surface area (Å²) in [6, 6.07) is 0. The summed E-state index contributed by atoms with van der Waals surface area (Å²) in [6.45, 7) is 12.4. The van der Waals surface area contributed by atoms with E-state index < -0.39 is 5.60 Å². The summed E-state index contributed by atoms with van der Waals surface area (Å²) in [7, 11) is 1.62. The molecule has 1 heterocycles. The van der Waals surface area contributed by atoms with Crippen molar-refractivity contribution in [3.63, 3.8) is 0 Å². The van der Waals surface area contributed by atoms with Crippen molar-refractivity contribution >= 4 is 12.5 Å². The molecule has 2 amide bonds. The normalized spacial score (nSPS) is 21.6. The summed E-state index contributed by atoms with van der Waals surface area (Å²) in [5.74, 6) is 0. The maximum Gasteiger partial charge on any atom is 0.410 e. The summed E-state index contributed by atoms with van der Waals surface area (Å²) in [5.41, 5.74) is 0.294. The average molecular weight is 554 g/mol. The van der Waals surface area contributed by atoms with E-state index in [1.807, 2.05) is 27.7 Å². The topological polar surface area (TPSA) is 59.1 Å². The van der Waals surface area contributed by atoms with Gasteiger partial charge in [-0.05, 0) is 34.7 Å². The second-order valence-electron chi connectivity index (χ2n) is 6.45. The van der Waals surface area contributed by atoms with E-state index in [-0.39, 0.29) is 18.3 Å². The fourth-order valence-electron chi connectivity index (χ4n) is 2.03. The van der Waals surface area contributed by atoms with Crippen LogP contribution in [0.5, 0.6) is 0 Å². The fourth-order valence-corrected chi connectivity index (χ4v) is 2.03. The third kappa shape index (κ3) is 5.83. The molecule has 0 aliphatic carbocycles. The predicted octanol–water partition coefficient (Wildman–Crippen LogP) is 1.57. The second-order valence-corrected chi connectivity index (χ2v) is 6.45. The Morgan fingerprint density at radius 3 is 2.50 bits per heavy atom.